The molecule has 1 aliphatic rings. The third-order valence-corrected chi connectivity index (χ3v) is 9.65. The average molecular weight is 708 g/mol. The third-order valence-electron chi connectivity index (χ3n) is 8.35. The Labute approximate surface area is 292 Å². The number of nitrogens with one attached hydrogen (secondary N) is 2. The number of pyridine rings is 1. The Kier molecular flexibility index (Phi) is 10.9. The van der Waals surface area contributed by atoms with Gasteiger partial charge in [0.05, 0.1) is 18.5 Å². The van der Waals surface area contributed by atoms with E-state index in [9.17, 15) is 22.8 Å². The SMILES string of the molecule is CCS(=O)(=O)Nc1ccc(Oc2cccc(C(=O)N(C)CCOC3CCN(C(=O)OC(C)(C)C)CC3)c2)c(-c2cn(C)c(=O)c3[nH]ccc23)c1. The van der Waals surface area contributed by atoms with Crippen molar-refractivity contribution >= 4 is 38.6 Å². The van der Waals surface area contributed by atoms with Gasteiger partial charge in [0.15, 0.2) is 0 Å². The first kappa shape index (κ1) is 36.5. The molecule has 1 saturated heterocycles. The third kappa shape index (κ3) is 8.85. The lowest BCUT2D eigenvalue weighted by Gasteiger charge is -2.33. The highest BCUT2D eigenvalue weighted by Crippen LogP contribution is 2.38. The molecule has 268 valence electrons. The smallest absolute Gasteiger partial charge is 0.410 e. The highest BCUT2D eigenvalue weighted by atomic mass is 32.2. The number of nitrogens with zero attached hydrogens (tertiary/aromatic N) is 3. The van der Waals surface area contributed by atoms with Crippen LogP contribution in [0.3, 0.4) is 0 Å². The maximum Gasteiger partial charge on any atom is 0.410 e. The van der Waals surface area contributed by atoms with E-state index in [-0.39, 0.29) is 29.4 Å². The Hall–Kier alpha value is -4.82. The van der Waals surface area contributed by atoms with Crippen molar-refractivity contribution in [2.45, 2.75) is 52.2 Å². The van der Waals surface area contributed by atoms with Crippen LogP contribution in [0.5, 0.6) is 11.5 Å². The first-order valence-electron chi connectivity index (χ1n) is 16.6. The lowest BCUT2D eigenvalue weighted by molar-refractivity contribution is -0.0144. The number of likely N-dealkylation sites (tertiary alicyclic amines) is 1. The number of ether oxygens (including phenoxy) is 3. The monoisotopic (exact) mass is 707 g/mol. The highest BCUT2D eigenvalue weighted by molar-refractivity contribution is 7.92. The van der Waals surface area contributed by atoms with Crippen molar-refractivity contribution in [1.29, 1.82) is 0 Å². The molecule has 0 spiro atoms. The van der Waals surface area contributed by atoms with E-state index < -0.39 is 15.6 Å². The Morgan fingerprint density at radius 2 is 1.80 bits per heavy atom. The van der Waals surface area contributed by atoms with Crippen LogP contribution in [-0.2, 0) is 26.5 Å². The van der Waals surface area contributed by atoms with E-state index in [2.05, 4.69) is 9.71 Å². The summed E-state index contributed by atoms with van der Waals surface area (Å²) in [5, 5.41) is 0.648. The van der Waals surface area contributed by atoms with Gasteiger partial charge in [0.2, 0.25) is 10.0 Å². The molecule has 0 saturated carbocycles. The van der Waals surface area contributed by atoms with E-state index in [1.54, 1.807) is 91.7 Å². The summed E-state index contributed by atoms with van der Waals surface area (Å²) in [7, 11) is -0.210. The molecule has 2 amide bonds. The molecule has 1 fully saturated rings. The largest absolute Gasteiger partial charge is 0.457 e. The predicted octanol–water partition coefficient (Wildman–Crippen LogP) is 5.58. The van der Waals surface area contributed by atoms with Crippen LogP contribution in [-0.4, -0.2) is 90.5 Å². The number of anilines is 1. The number of hydrogen-bond acceptors (Lipinski definition) is 8. The van der Waals surface area contributed by atoms with Gasteiger partial charge in [-0.2, -0.15) is 0 Å². The second-order valence-corrected chi connectivity index (χ2v) is 15.3. The number of aromatic nitrogens is 2. The molecule has 0 radical (unpaired) electrons. The minimum absolute atomic E-state index is 0.00804. The molecule has 0 aliphatic carbocycles. The molecule has 13 nitrogen and oxygen atoms in total. The van der Waals surface area contributed by atoms with Gasteiger partial charge in [-0.25, -0.2) is 13.2 Å². The van der Waals surface area contributed by atoms with Crippen LogP contribution in [0.4, 0.5) is 10.5 Å². The van der Waals surface area contributed by atoms with Crippen molar-refractivity contribution in [3.8, 4) is 22.6 Å². The van der Waals surface area contributed by atoms with Crippen LogP contribution in [0.15, 0.2) is 65.7 Å². The lowest BCUT2D eigenvalue weighted by atomic mass is 10.0. The standard InChI is InChI=1S/C36H45N5O8S/c1-7-50(45,46)38-25-11-12-31(29(22-25)30-23-40(6)34(43)32-28(30)13-16-37-32)48-27-10-8-9-24(21-27)33(42)39(5)19-20-47-26-14-17-41(18-15-26)35(44)49-36(2,3)4/h8-13,16,21-23,26,37-38H,7,14-15,17-20H2,1-6H3. The summed E-state index contributed by atoms with van der Waals surface area (Å²) in [5.41, 5.74) is 1.61. The molecule has 2 aromatic carbocycles. The van der Waals surface area contributed by atoms with Crippen molar-refractivity contribution in [3.63, 3.8) is 0 Å². The van der Waals surface area contributed by atoms with Gasteiger partial charge >= 0.3 is 6.09 Å². The van der Waals surface area contributed by atoms with Gasteiger partial charge in [-0.1, -0.05) is 6.07 Å². The van der Waals surface area contributed by atoms with Crippen LogP contribution in [0, 0.1) is 0 Å². The van der Waals surface area contributed by atoms with E-state index in [0.717, 1.165) is 0 Å². The highest BCUT2D eigenvalue weighted by Gasteiger charge is 2.27. The van der Waals surface area contributed by atoms with Crippen LogP contribution in [0.25, 0.3) is 22.0 Å². The molecule has 5 rings (SSSR count). The predicted molar refractivity (Wildman–Crippen MR) is 192 cm³/mol. The number of hydrogen-bond donors (Lipinski definition) is 2. The molecule has 0 bridgehead atoms. The number of benzene rings is 2. The molecular formula is C36H45N5O8S. The Balaban J connectivity index is 1.27. The lowest BCUT2D eigenvalue weighted by Crippen LogP contribution is -2.43. The number of aryl methyl sites for hydroxylation is 1. The number of carbonyl (C=O) groups is 2. The minimum atomic E-state index is -3.56. The van der Waals surface area contributed by atoms with Crippen molar-refractivity contribution < 1.29 is 32.2 Å². The molecule has 50 heavy (non-hydrogen) atoms. The maximum absolute atomic E-state index is 13.4. The second kappa shape index (κ2) is 15.0. The number of H-pyrrole nitrogens is 1. The number of piperidine rings is 1. The van der Waals surface area contributed by atoms with Gasteiger partial charge in [0, 0.05) is 73.9 Å². The average Bonchev–Trinajstić information content (AvgIpc) is 3.57. The normalized spacial score (nSPS) is 14.1. The van der Waals surface area contributed by atoms with E-state index in [1.807, 2.05) is 20.8 Å². The molecule has 0 unspecified atom stereocenters. The van der Waals surface area contributed by atoms with Crippen molar-refractivity contribution in [2.24, 2.45) is 7.05 Å². The molecule has 14 heteroatoms. The fourth-order valence-electron chi connectivity index (χ4n) is 5.66. The molecule has 2 aromatic heterocycles. The zero-order valence-electron chi connectivity index (χ0n) is 29.3. The minimum Gasteiger partial charge on any atom is -0.457 e. The second-order valence-electron chi connectivity index (χ2n) is 13.3. The van der Waals surface area contributed by atoms with Gasteiger partial charge in [0.25, 0.3) is 11.5 Å². The van der Waals surface area contributed by atoms with Crippen LogP contribution < -0.4 is 15.0 Å². The van der Waals surface area contributed by atoms with Crippen molar-refractivity contribution in [2.75, 3.05) is 43.8 Å². The van der Waals surface area contributed by atoms with E-state index in [4.69, 9.17) is 14.2 Å². The van der Waals surface area contributed by atoms with Crippen molar-refractivity contribution in [3.05, 3.63) is 76.8 Å². The number of fused-ring (bicyclic) bond motifs is 1. The van der Waals surface area contributed by atoms with Crippen LogP contribution >= 0.6 is 0 Å². The van der Waals surface area contributed by atoms with E-state index >= 15 is 0 Å². The van der Waals surface area contributed by atoms with Gasteiger partial charge in [-0.15, -0.1) is 0 Å². The number of carbonyl (C=O) groups excluding carboxylic acids is 2. The first-order valence-corrected chi connectivity index (χ1v) is 18.2. The fraction of sp³-hybridized carbons (Fsp3) is 0.417. The topological polar surface area (TPSA) is 152 Å². The number of likely N-dealkylation sites (N-methyl/N-ethyl adjacent to an activating group) is 1. The number of amides is 2. The Bertz CT molecular complexity index is 2020. The molecule has 2 N–H and O–H groups in total. The first-order chi connectivity index (χ1) is 23.6. The number of sulfonamides is 1. The Morgan fingerprint density at radius 3 is 2.50 bits per heavy atom. The van der Waals surface area contributed by atoms with Gasteiger partial charge in [-0.3, -0.25) is 14.3 Å². The quantitative estimate of drug-likeness (QED) is 0.205. The summed E-state index contributed by atoms with van der Waals surface area (Å²) < 4.78 is 46.7. The molecule has 3 heterocycles. The molecule has 0 atom stereocenters. The zero-order valence-corrected chi connectivity index (χ0v) is 30.1. The van der Waals surface area contributed by atoms with Gasteiger partial charge in [0.1, 0.15) is 22.6 Å². The summed E-state index contributed by atoms with van der Waals surface area (Å²) in [6.45, 7) is 8.91. The summed E-state index contributed by atoms with van der Waals surface area (Å²) in [5.74, 6) is 0.486. The molecular weight excluding hydrogens is 662 g/mol. The van der Waals surface area contributed by atoms with E-state index in [1.165, 1.54) is 4.57 Å². The van der Waals surface area contributed by atoms with Gasteiger partial charge in [-0.05, 0) is 83.0 Å². The zero-order chi connectivity index (χ0) is 36.2. The fourth-order valence-corrected chi connectivity index (χ4v) is 6.29. The van der Waals surface area contributed by atoms with Crippen molar-refractivity contribution in [1.82, 2.24) is 19.4 Å². The number of aromatic amines is 1. The summed E-state index contributed by atoms with van der Waals surface area (Å²) in [4.78, 5) is 44.8. The number of rotatable bonds is 11. The molecule has 1 aliphatic heterocycles. The van der Waals surface area contributed by atoms with Crippen LogP contribution in [0.2, 0.25) is 0 Å². The van der Waals surface area contributed by atoms with Gasteiger partial charge < -0.3 is 33.6 Å². The van der Waals surface area contributed by atoms with E-state index in [0.29, 0.717) is 83.9 Å². The maximum atomic E-state index is 13.4. The summed E-state index contributed by atoms with van der Waals surface area (Å²) in [6, 6.07) is 13.5. The molecule has 4 aromatic rings. The Morgan fingerprint density at radius 1 is 1.06 bits per heavy atom. The van der Waals surface area contributed by atoms with Crippen LogP contribution in [0.1, 0.15) is 50.9 Å². The summed E-state index contributed by atoms with van der Waals surface area (Å²) in [6.07, 6.45) is 4.42. The summed E-state index contributed by atoms with van der Waals surface area (Å²) >= 11 is 0.